The van der Waals surface area contributed by atoms with Crippen molar-refractivity contribution in [1.82, 2.24) is 9.97 Å². The molecule has 0 bridgehead atoms. The van der Waals surface area contributed by atoms with Crippen molar-refractivity contribution in [2.75, 3.05) is 5.75 Å². The maximum atomic E-state index is 11.5. The van der Waals surface area contributed by atoms with Crippen molar-refractivity contribution >= 4 is 17.5 Å². The Morgan fingerprint density at radius 2 is 2.40 bits per heavy atom. The van der Waals surface area contributed by atoms with Crippen LogP contribution < -0.4 is 0 Å². The van der Waals surface area contributed by atoms with E-state index in [1.807, 2.05) is 0 Å². The number of carbonyl (C=O) groups excluding carboxylic acids is 1. The highest BCUT2D eigenvalue weighted by atomic mass is 32.2. The monoisotopic (exact) mass is 220 g/mol. The molecule has 0 radical (unpaired) electrons. The number of ketones is 1. The van der Waals surface area contributed by atoms with Crippen LogP contribution in [0, 0.1) is 0 Å². The molecular formula is C10H8N2O2S. The number of hydrogen-bond acceptors (Lipinski definition) is 5. The Kier molecular flexibility index (Phi) is 3.14. The lowest BCUT2D eigenvalue weighted by atomic mass is 10.3. The summed E-state index contributed by atoms with van der Waals surface area (Å²) in [5.41, 5.74) is 0. The fraction of sp³-hybridized carbons (Fsp3) is 0.100. The molecular weight excluding hydrogens is 212 g/mol. The molecule has 2 aromatic rings. The number of Topliss-reactive ketones (excluding diaryl/α,β-unsaturated/α-hetero) is 1. The minimum absolute atomic E-state index is 0.0457. The normalized spacial score (nSPS) is 10.1. The van der Waals surface area contributed by atoms with E-state index < -0.39 is 0 Å². The van der Waals surface area contributed by atoms with Crippen LogP contribution in [0.15, 0.2) is 46.4 Å². The number of nitrogens with zero attached hydrogens (tertiary/aromatic N) is 2. The quantitative estimate of drug-likeness (QED) is 0.583. The summed E-state index contributed by atoms with van der Waals surface area (Å²) in [7, 11) is 0. The zero-order valence-electron chi connectivity index (χ0n) is 7.79. The molecule has 5 heteroatoms. The topological polar surface area (TPSA) is 56.0 Å². The number of hydrogen-bond donors (Lipinski definition) is 0. The average Bonchev–Trinajstić information content (AvgIpc) is 2.81. The Labute approximate surface area is 90.7 Å². The number of furan rings is 1. The Morgan fingerprint density at radius 3 is 3.07 bits per heavy atom. The van der Waals surface area contributed by atoms with Gasteiger partial charge in [-0.3, -0.25) is 9.78 Å². The molecule has 0 fully saturated rings. The van der Waals surface area contributed by atoms with Gasteiger partial charge < -0.3 is 4.42 Å². The third-order valence-electron chi connectivity index (χ3n) is 1.69. The molecule has 2 rings (SSSR count). The van der Waals surface area contributed by atoms with E-state index in [0.717, 1.165) is 5.03 Å². The molecule has 0 unspecified atom stereocenters. The molecule has 0 saturated carbocycles. The SMILES string of the molecule is O=C(CSc1cnccn1)c1ccco1. The van der Waals surface area contributed by atoms with Gasteiger partial charge in [-0.1, -0.05) is 11.8 Å². The minimum atomic E-state index is -0.0457. The van der Waals surface area contributed by atoms with Gasteiger partial charge in [-0.05, 0) is 12.1 Å². The van der Waals surface area contributed by atoms with Crippen molar-refractivity contribution in [3.63, 3.8) is 0 Å². The van der Waals surface area contributed by atoms with Gasteiger partial charge in [0.15, 0.2) is 5.76 Å². The van der Waals surface area contributed by atoms with Crippen molar-refractivity contribution in [3.05, 3.63) is 42.7 Å². The first-order chi connectivity index (χ1) is 7.36. The lowest BCUT2D eigenvalue weighted by Gasteiger charge is -1.96. The molecule has 0 aromatic carbocycles. The molecule has 0 spiro atoms. The molecule has 76 valence electrons. The van der Waals surface area contributed by atoms with Crippen LogP contribution in [-0.2, 0) is 0 Å². The third-order valence-corrected chi connectivity index (χ3v) is 2.60. The van der Waals surface area contributed by atoms with Crippen LogP contribution >= 0.6 is 11.8 Å². The highest BCUT2D eigenvalue weighted by Crippen LogP contribution is 2.15. The van der Waals surface area contributed by atoms with E-state index in [0.29, 0.717) is 11.5 Å². The molecule has 0 aliphatic rings. The molecule has 0 aliphatic carbocycles. The predicted molar refractivity (Wildman–Crippen MR) is 55.8 cm³/mol. The maximum absolute atomic E-state index is 11.5. The molecule has 4 nitrogen and oxygen atoms in total. The molecule has 2 aromatic heterocycles. The van der Waals surface area contributed by atoms with Crippen LogP contribution in [-0.4, -0.2) is 21.5 Å². The fourth-order valence-electron chi connectivity index (χ4n) is 1.01. The van der Waals surface area contributed by atoms with Gasteiger partial charge in [0.25, 0.3) is 0 Å². The van der Waals surface area contributed by atoms with Crippen LogP contribution in [0.4, 0.5) is 0 Å². The van der Waals surface area contributed by atoms with E-state index in [1.54, 1.807) is 30.7 Å². The van der Waals surface area contributed by atoms with Gasteiger partial charge in [-0.25, -0.2) is 4.98 Å². The second-order valence-electron chi connectivity index (χ2n) is 2.73. The van der Waals surface area contributed by atoms with Crippen LogP contribution in [0.2, 0.25) is 0 Å². The van der Waals surface area contributed by atoms with Crippen molar-refractivity contribution in [1.29, 1.82) is 0 Å². The average molecular weight is 220 g/mol. The summed E-state index contributed by atoms with van der Waals surface area (Å²) in [5, 5.41) is 0.734. The molecule has 2 heterocycles. The van der Waals surface area contributed by atoms with Crippen LogP contribution in [0.25, 0.3) is 0 Å². The standard InChI is InChI=1S/C10H8N2O2S/c13-8(9-2-1-5-14-9)7-15-10-6-11-3-4-12-10/h1-6H,7H2. The molecule has 0 atom stereocenters. The third kappa shape index (κ3) is 2.66. The first kappa shape index (κ1) is 9.92. The molecule has 0 saturated heterocycles. The van der Waals surface area contributed by atoms with Crippen molar-refractivity contribution in [3.8, 4) is 0 Å². The lowest BCUT2D eigenvalue weighted by Crippen LogP contribution is -2.00. The summed E-state index contributed by atoms with van der Waals surface area (Å²) < 4.78 is 4.98. The van der Waals surface area contributed by atoms with Gasteiger partial charge in [0.1, 0.15) is 5.03 Å². The van der Waals surface area contributed by atoms with E-state index in [-0.39, 0.29) is 5.78 Å². The Balaban J connectivity index is 1.92. The highest BCUT2D eigenvalue weighted by molar-refractivity contribution is 7.99. The number of carbonyl (C=O) groups is 1. The van der Waals surface area contributed by atoms with Gasteiger partial charge in [-0.15, -0.1) is 0 Å². The Morgan fingerprint density at radius 1 is 1.47 bits per heavy atom. The first-order valence-electron chi connectivity index (χ1n) is 4.32. The maximum Gasteiger partial charge on any atom is 0.208 e. The largest absolute Gasteiger partial charge is 0.461 e. The Hall–Kier alpha value is -1.62. The van der Waals surface area contributed by atoms with Crippen LogP contribution in [0.5, 0.6) is 0 Å². The number of thioether (sulfide) groups is 1. The van der Waals surface area contributed by atoms with Crippen molar-refractivity contribution in [2.45, 2.75) is 5.03 Å². The summed E-state index contributed by atoms with van der Waals surface area (Å²) >= 11 is 1.34. The summed E-state index contributed by atoms with van der Waals surface area (Å²) in [6, 6.07) is 3.35. The van der Waals surface area contributed by atoms with Crippen molar-refractivity contribution < 1.29 is 9.21 Å². The molecule has 0 N–H and O–H groups in total. The lowest BCUT2D eigenvalue weighted by molar-refractivity contribution is 0.0992. The van der Waals surface area contributed by atoms with Crippen LogP contribution in [0.3, 0.4) is 0 Å². The summed E-state index contributed by atoms with van der Waals surface area (Å²) in [5.74, 6) is 0.647. The zero-order valence-corrected chi connectivity index (χ0v) is 8.61. The van der Waals surface area contributed by atoms with Gasteiger partial charge in [0, 0.05) is 12.4 Å². The van der Waals surface area contributed by atoms with Crippen molar-refractivity contribution in [2.24, 2.45) is 0 Å². The van der Waals surface area contributed by atoms with Gasteiger partial charge in [0.05, 0.1) is 18.2 Å². The predicted octanol–water partition coefficient (Wildman–Crippen LogP) is 2.04. The van der Waals surface area contributed by atoms with E-state index in [2.05, 4.69) is 9.97 Å². The van der Waals surface area contributed by atoms with E-state index >= 15 is 0 Å². The second-order valence-corrected chi connectivity index (χ2v) is 3.73. The minimum Gasteiger partial charge on any atom is -0.461 e. The van der Waals surface area contributed by atoms with Crippen LogP contribution in [0.1, 0.15) is 10.6 Å². The second kappa shape index (κ2) is 4.75. The molecule has 0 aliphatic heterocycles. The van der Waals surface area contributed by atoms with E-state index in [9.17, 15) is 4.79 Å². The van der Waals surface area contributed by atoms with E-state index in [1.165, 1.54) is 18.0 Å². The fourth-order valence-corrected chi connectivity index (χ4v) is 1.70. The summed E-state index contributed by atoms with van der Waals surface area (Å²) in [4.78, 5) is 19.5. The number of aromatic nitrogens is 2. The van der Waals surface area contributed by atoms with Gasteiger partial charge >= 0.3 is 0 Å². The number of rotatable bonds is 4. The van der Waals surface area contributed by atoms with Gasteiger partial charge in [-0.2, -0.15) is 0 Å². The first-order valence-corrected chi connectivity index (χ1v) is 5.30. The molecule has 0 amide bonds. The van der Waals surface area contributed by atoms with E-state index in [4.69, 9.17) is 4.42 Å². The highest BCUT2D eigenvalue weighted by Gasteiger charge is 2.09. The van der Waals surface area contributed by atoms with Gasteiger partial charge in [0.2, 0.25) is 5.78 Å². The Bertz CT molecular complexity index is 428. The zero-order chi connectivity index (χ0) is 10.5. The summed E-state index contributed by atoms with van der Waals surface area (Å²) in [6.07, 6.45) is 6.30. The summed E-state index contributed by atoms with van der Waals surface area (Å²) in [6.45, 7) is 0. The molecule has 15 heavy (non-hydrogen) atoms. The smallest absolute Gasteiger partial charge is 0.208 e.